The third-order valence-corrected chi connectivity index (χ3v) is 3.84. The zero-order valence-electron chi connectivity index (χ0n) is 13.1. The van der Waals surface area contributed by atoms with Crippen molar-refractivity contribution in [3.8, 4) is 0 Å². The van der Waals surface area contributed by atoms with Gasteiger partial charge in [0.25, 0.3) is 5.91 Å². The lowest BCUT2D eigenvalue weighted by Gasteiger charge is -2.41. The number of carbonyl (C=O) groups is 1. The van der Waals surface area contributed by atoms with Gasteiger partial charge < -0.3 is 14.6 Å². The molecule has 2 heterocycles. The Kier molecular flexibility index (Phi) is 3.53. The van der Waals surface area contributed by atoms with E-state index in [1.165, 1.54) is 6.07 Å². The van der Waals surface area contributed by atoms with E-state index in [1.54, 1.807) is 11.0 Å². The molecule has 0 aliphatic carbocycles. The molecule has 1 aliphatic rings. The molecule has 1 atom stereocenters. The van der Waals surface area contributed by atoms with E-state index >= 15 is 0 Å². The Hall–Kier alpha value is -2.14. The lowest BCUT2D eigenvalue weighted by Crippen LogP contribution is -2.53. The van der Waals surface area contributed by atoms with E-state index in [-0.39, 0.29) is 23.2 Å². The van der Waals surface area contributed by atoms with Crippen LogP contribution in [-0.2, 0) is 4.74 Å². The summed E-state index contributed by atoms with van der Waals surface area (Å²) in [6, 6.07) is 8.75. The Balaban J connectivity index is 2.04. The van der Waals surface area contributed by atoms with Gasteiger partial charge in [0, 0.05) is 30.1 Å². The summed E-state index contributed by atoms with van der Waals surface area (Å²) in [6.45, 7) is 6.94. The molecule has 0 spiro atoms. The Morgan fingerprint density at radius 1 is 1.36 bits per heavy atom. The average Bonchev–Trinajstić information content (AvgIpc) is 2.43. The summed E-state index contributed by atoms with van der Waals surface area (Å²) in [4.78, 5) is 29.3. The molecular weight excluding hydrogens is 280 g/mol. The molecule has 3 rings (SSSR count). The molecule has 1 amide bonds. The molecular formula is C17H20N2O3. The number of amides is 1. The molecule has 1 aromatic carbocycles. The smallest absolute Gasteiger partial charge is 0.254 e. The number of fused-ring (bicyclic) bond motifs is 1. The molecule has 116 valence electrons. The number of benzene rings is 1. The summed E-state index contributed by atoms with van der Waals surface area (Å²) >= 11 is 0. The Bertz CT molecular complexity index is 779. The van der Waals surface area contributed by atoms with Gasteiger partial charge in [0.1, 0.15) is 0 Å². The van der Waals surface area contributed by atoms with Crippen LogP contribution in [0.15, 0.2) is 35.1 Å². The molecule has 1 fully saturated rings. The number of aromatic nitrogens is 1. The van der Waals surface area contributed by atoms with Gasteiger partial charge in [-0.25, -0.2) is 0 Å². The highest BCUT2D eigenvalue weighted by Gasteiger charge is 2.34. The van der Waals surface area contributed by atoms with Crippen molar-refractivity contribution in [2.75, 3.05) is 13.1 Å². The predicted octanol–water partition coefficient (Wildman–Crippen LogP) is 2.17. The Labute approximate surface area is 128 Å². The van der Waals surface area contributed by atoms with Crippen LogP contribution in [0.5, 0.6) is 0 Å². The minimum Gasteiger partial charge on any atom is -0.369 e. The molecule has 5 nitrogen and oxygen atoms in total. The van der Waals surface area contributed by atoms with Crippen LogP contribution < -0.4 is 5.56 Å². The minimum absolute atomic E-state index is 0.0269. The van der Waals surface area contributed by atoms with Crippen LogP contribution in [0.1, 0.15) is 31.1 Å². The standard InChI is InChI=1S/C17H20N2O3/c1-11-9-19(10-17(2,3)22-11)16(21)13-8-15(20)18-14-7-5-4-6-12(13)14/h4-8,11H,9-10H2,1-3H3,(H,18,20). The summed E-state index contributed by atoms with van der Waals surface area (Å²) in [6.07, 6.45) is -0.0269. The number of aromatic amines is 1. The number of ether oxygens (including phenoxy) is 1. The number of morpholine rings is 1. The van der Waals surface area contributed by atoms with Crippen molar-refractivity contribution < 1.29 is 9.53 Å². The first-order valence-corrected chi connectivity index (χ1v) is 7.45. The quantitative estimate of drug-likeness (QED) is 0.878. The second-order valence-electron chi connectivity index (χ2n) is 6.47. The summed E-state index contributed by atoms with van der Waals surface area (Å²) in [5, 5.41) is 0.768. The van der Waals surface area contributed by atoms with Gasteiger partial charge in [0.2, 0.25) is 5.56 Å². The average molecular weight is 300 g/mol. The maximum absolute atomic E-state index is 12.9. The third kappa shape index (κ3) is 2.76. The maximum atomic E-state index is 12.9. The van der Waals surface area contributed by atoms with Gasteiger partial charge in [-0.15, -0.1) is 0 Å². The van der Waals surface area contributed by atoms with Crippen molar-refractivity contribution in [2.24, 2.45) is 0 Å². The third-order valence-electron chi connectivity index (χ3n) is 3.84. The highest BCUT2D eigenvalue weighted by atomic mass is 16.5. The van der Waals surface area contributed by atoms with Crippen LogP contribution in [0.25, 0.3) is 10.9 Å². The highest BCUT2D eigenvalue weighted by molar-refractivity contribution is 6.06. The molecule has 22 heavy (non-hydrogen) atoms. The molecule has 0 saturated carbocycles. The van der Waals surface area contributed by atoms with E-state index in [4.69, 9.17) is 4.74 Å². The summed E-state index contributed by atoms with van der Waals surface area (Å²) < 4.78 is 5.84. The van der Waals surface area contributed by atoms with E-state index in [9.17, 15) is 9.59 Å². The summed E-state index contributed by atoms with van der Waals surface area (Å²) in [5.41, 5.74) is 0.482. The molecule has 1 aromatic heterocycles. The molecule has 0 bridgehead atoms. The first-order valence-electron chi connectivity index (χ1n) is 7.45. The zero-order valence-corrected chi connectivity index (χ0v) is 13.1. The minimum atomic E-state index is -0.385. The van der Waals surface area contributed by atoms with Crippen molar-refractivity contribution in [1.29, 1.82) is 0 Å². The summed E-state index contributed by atoms with van der Waals surface area (Å²) in [7, 11) is 0. The fourth-order valence-corrected chi connectivity index (χ4v) is 3.16. The first kappa shape index (κ1) is 14.8. The van der Waals surface area contributed by atoms with E-state index < -0.39 is 0 Å². The number of nitrogens with one attached hydrogen (secondary N) is 1. The van der Waals surface area contributed by atoms with Gasteiger partial charge in [-0.05, 0) is 26.8 Å². The van der Waals surface area contributed by atoms with Crippen LogP contribution in [0.2, 0.25) is 0 Å². The van der Waals surface area contributed by atoms with Crippen molar-refractivity contribution in [1.82, 2.24) is 9.88 Å². The van der Waals surface area contributed by atoms with Gasteiger partial charge in [0.05, 0.1) is 17.3 Å². The number of rotatable bonds is 1. The molecule has 2 aromatic rings. The number of H-pyrrole nitrogens is 1. The van der Waals surface area contributed by atoms with Gasteiger partial charge in [-0.2, -0.15) is 0 Å². The monoisotopic (exact) mass is 300 g/mol. The molecule has 1 saturated heterocycles. The Morgan fingerprint density at radius 3 is 2.82 bits per heavy atom. The largest absolute Gasteiger partial charge is 0.369 e. The number of nitrogens with zero attached hydrogens (tertiary/aromatic N) is 1. The van der Waals surface area contributed by atoms with Gasteiger partial charge in [0.15, 0.2) is 0 Å². The second kappa shape index (κ2) is 5.25. The second-order valence-corrected chi connectivity index (χ2v) is 6.47. The van der Waals surface area contributed by atoms with E-state index in [0.29, 0.717) is 24.2 Å². The highest BCUT2D eigenvalue weighted by Crippen LogP contribution is 2.24. The molecule has 0 radical (unpaired) electrons. The topological polar surface area (TPSA) is 62.4 Å². The number of para-hydroxylation sites is 1. The first-order chi connectivity index (χ1) is 10.4. The van der Waals surface area contributed by atoms with E-state index in [1.807, 2.05) is 39.0 Å². The van der Waals surface area contributed by atoms with Crippen LogP contribution in [0.4, 0.5) is 0 Å². The predicted molar refractivity (Wildman–Crippen MR) is 85.1 cm³/mol. The molecule has 5 heteroatoms. The van der Waals surface area contributed by atoms with Crippen LogP contribution in [0, 0.1) is 0 Å². The zero-order chi connectivity index (χ0) is 15.9. The molecule has 1 aliphatic heterocycles. The van der Waals surface area contributed by atoms with Crippen molar-refractivity contribution >= 4 is 16.8 Å². The fourth-order valence-electron chi connectivity index (χ4n) is 3.16. The van der Waals surface area contributed by atoms with Gasteiger partial charge in [-0.1, -0.05) is 18.2 Å². The number of hydrogen-bond acceptors (Lipinski definition) is 3. The molecule has 1 N–H and O–H groups in total. The lowest BCUT2D eigenvalue weighted by atomic mass is 10.0. The van der Waals surface area contributed by atoms with Gasteiger partial charge in [-0.3, -0.25) is 9.59 Å². The molecule has 1 unspecified atom stereocenters. The number of carbonyl (C=O) groups excluding carboxylic acids is 1. The lowest BCUT2D eigenvalue weighted by molar-refractivity contribution is -0.118. The SMILES string of the molecule is CC1CN(C(=O)c2cc(=O)[nH]c3ccccc23)CC(C)(C)O1. The fraction of sp³-hybridized carbons (Fsp3) is 0.412. The number of hydrogen-bond donors (Lipinski definition) is 1. The van der Waals surface area contributed by atoms with Gasteiger partial charge >= 0.3 is 0 Å². The normalized spacial score (nSPS) is 21.0. The Morgan fingerprint density at radius 2 is 2.09 bits per heavy atom. The van der Waals surface area contributed by atoms with E-state index in [0.717, 1.165) is 5.39 Å². The maximum Gasteiger partial charge on any atom is 0.254 e. The van der Waals surface area contributed by atoms with Crippen LogP contribution in [0.3, 0.4) is 0 Å². The summed E-state index contributed by atoms with van der Waals surface area (Å²) in [5.74, 6) is -0.120. The van der Waals surface area contributed by atoms with E-state index in [2.05, 4.69) is 4.98 Å². The number of pyridine rings is 1. The van der Waals surface area contributed by atoms with Crippen molar-refractivity contribution in [3.63, 3.8) is 0 Å². The van der Waals surface area contributed by atoms with Crippen LogP contribution in [-0.4, -0.2) is 40.6 Å². The van der Waals surface area contributed by atoms with Crippen LogP contribution >= 0.6 is 0 Å². The van der Waals surface area contributed by atoms with Crippen molar-refractivity contribution in [2.45, 2.75) is 32.5 Å². The van der Waals surface area contributed by atoms with Crippen molar-refractivity contribution in [3.05, 3.63) is 46.2 Å².